The number of likely N-dealkylation sites (tertiary alicyclic amines) is 1. The highest BCUT2D eigenvalue weighted by Crippen LogP contribution is 2.44. The molecule has 0 atom stereocenters. The van der Waals surface area contributed by atoms with E-state index in [0.29, 0.717) is 18.0 Å². The van der Waals surface area contributed by atoms with Gasteiger partial charge >= 0.3 is 0 Å². The van der Waals surface area contributed by atoms with Crippen molar-refractivity contribution < 1.29 is 9.59 Å². The standard InChI is InChI=1S/C34H46N4O2S/c1-21-17-22(2)19-24(18-21)30-27(13-16-37-14-11-23(12-15-37)32(39)36(5)6)28-20-29(41-31(28)35-30)34(3,4)33(40)38-25-7-8-26(38)10-9-25/h17-20,23,25-26,35H,7-16H2,1-6H3. The van der Waals surface area contributed by atoms with Gasteiger partial charge in [-0.25, -0.2) is 0 Å². The minimum Gasteiger partial charge on any atom is -0.349 e. The Morgan fingerprint density at radius 2 is 1.56 bits per heavy atom. The molecule has 7 heteroatoms. The Kier molecular flexibility index (Phi) is 7.56. The van der Waals surface area contributed by atoms with Gasteiger partial charge in [0.1, 0.15) is 4.83 Å². The summed E-state index contributed by atoms with van der Waals surface area (Å²) in [5, 5.41) is 1.27. The molecule has 0 radical (unpaired) electrons. The van der Waals surface area contributed by atoms with Crippen LogP contribution in [0.2, 0.25) is 0 Å². The molecule has 6 nitrogen and oxygen atoms in total. The number of rotatable bonds is 7. The summed E-state index contributed by atoms with van der Waals surface area (Å²) in [5.41, 5.74) is 5.80. The summed E-state index contributed by atoms with van der Waals surface area (Å²) in [6.07, 6.45) is 7.48. The maximum Gasteiger partial charge on any atom is 0.233 e. The lowest BCUT2D eigenvalue weighted by Crippen LogP contribution is -2.45. The van der Waals surface area contributed by atoms with E-state index in [0.717, 1.165) is 43.8 Å². The van der Waals surface area contributed by atoms with Gasteiger partial charge in [-0.05, 0) is 115 Å². The summed E-state index contributed by atoms with van der Waals surface area (Å²) in [4.78, 5) is 39.0. The van der Waals surface area contributed by atoms with Crippen LogP contribution in [-0.2, 0) is 21.4 Å². The van der Waals surface area contributed by atoms with E-state index in [2.05, 4.69) is 66.7 Å². The molecule has 2 bridgehead atoms. The van der Waals surface area contributed by atoms with E-state index in [1.165, 1.54) is 63.8 Å². The van der Waals surface area contributed by atoms with Crippen LogP contribution in [-0.4, -0.2) is 77.3 Å². The van der Waals surface area contributed by atoms with E-state index >= 15 is 0 Å². The summed E-state index contributed by atoms with van der Waals surface area (Å²) in [6.45, 7) is 11.5. The van der Waals surface area contributed by atoms with Crippen molar-refractivity contribution in [2.75, 3.05) is 33.7 Å². The summed E-state index contributed by atoms with van der Waals surface area (Å²) >= 11 is 1.76. The number of aromatic nitrogens is 1. The van der Waals surface area contributed by atoms with Crippen LogP contribution in [0.4, 0.5) is 0 Å². The number of H-pyrrole nitrogens is 1. The van der Waals surface area contributed by atoms with Gasteiger partial charge in [0.05, 0.1) is 11.1 Å². The van der Waals surface area contributed by atoms with E-state index in [4.69, 9.17) is 0 Å². The van der Waals surface area contributed by atoms with Gasteiger partial charge in [-0.15, -0.1) is 11.3 Å². The molecule has 3 saturated heterocycles. The lowest BCUT2D eigenvalue weighted by Gasteiger charge is -2.32. The molecule has 1 aromatic carbocycles. The molecule has 0 unspecified atom stereocenters. The third-order valence-corrected chi connectivity index (χ3v) is 11.4. The molecular weight excluding hydrogens is 528 g/mol. The fourth-order valence-electron chi connectivity index (χ4n) is 7.68. The molecule has 6 rings (SSSR count). The number of nitrogens with zero attached hydrogens (tertiary/aromatic N) is 3. The fraction of sp³-hybridized carbons (Fsp3) is 0.588. The van der Waals surface area contributed by atoms with Gasteiger partial charge in [0, 0.05) is 48.9 Å². The average molecular weight is 575 g/mol. The number of piperidine rings is 1. The van der Waals surface area contributed by atoms with Gasteiger partial charge in [0.15, 0.2) is 0 Å². The first-order valence-corrected chi connectivity index (χ1v) is 16.3. The van der Waals surface area contributed by atoms with Crippen LogP contribution in [0.3, 0.4) is 0 Å². The number of aromatic amines is 1. The lowest BCUT2D eigenvalue weighted by molar-refractivity contribution is -0.137. The summed E-state index contributed by atoms with van der Waals surface area (Å²) < 4.78 is 0. The summed E-state index contributed by atoms with van der Waals surface area (Å²) in [6, 6.07) is 9.99. The van der Waals surface area contributed by atoms with E-state index in [1.54, 1.807) is 16.2 Å². The number of carbonyl (C=O) groups excluding carboxylic acids is 2. The van der Waals surface area contributed by atoms with Crippen molar-refractivity contribution in [2.45, 2.75) is 90.1 Å². The normalized spacial score (nSPS) is 21.8. The van der Waals surface area contributed by atoms with E-state index in [9.17, 15) is 9.59 Å². The number of benzene rings is 1. The van der Waals surface area contributed by atoms with Crippen molar-refractivity contribution in [3.63, 3.8) is 0 Å². The van der Waals surface area contributed by atoms with Crippen LogP contribution in [0.25, 0.3) is 21.5 Å². The molecular formula is C34H46N4O2S. The first-order chi connectivity index (χ1) is 19.5. The Hall–Kier alpha value is -2.64. The molecule has 41 heavy (non-hydrogen) atoms. The van der Waals surface area contributed by atoms with Crippen LogP contribution in [0.1, 0.15) is 73.9 Å². The average Bonchev–Trinajstić information content (AvgIpc) is 3.71. The van der Waals surface area contributed by atoms with Gasteiger partial charge < -0.3 is 19.7 Å². The molecule has 0 spiro atoms. The summed E-state index contributed by atoms with van der Waals surface area (Å²) in [5.74, 6) is 0.715. The molecule has 0 aliphatic carbocycles. The molecule has 3 aromatic rings. The van der Waals surface area contributed by atoms with Crippen LogP contribution >= 0.6 is 11.3 Å². The topological polar surface area (TPSA) is 59.7 Å². The number of hydrogen-bond acceptors (Lipinski definition) is 4. The third-order valence-electron chi connectivity index (χ3n) is 10.0. The Morgan fingerprint density at radius 1 is 0.951 bits per heavy atom. The van der Waals surface area contributed by atoms with Crippen molar-refractivity contribution >= 4 is 33.4 Å². The van der Waals surface area contributed by atoms with Gasteiger partial charge in [0.2, 0.25) is 11.8 Å². The molecule has 3 aliphatic rings. The Morgan fingerprint density at radius 3 is 2.15 bits per heavy atom. The molecule has 3 fully saturated rings. The maximum absolute atomic E-state index is 13.9. The molecule has 5 heterocycles. The van der Waals surface area contributed by atoms with Crippen molar-refractivity contribution in [3.05, 3.63) is 45.8 Å². The number of aryl methyl sites for hydroxylation is 2. The zero-order valence-electron chi connectivity index (χ0n) is 25.7. The second kappa shape index (κ2) is 10.9. The lowest BCUT2D eigenvalue weighted by atomic mass is 9.88. The number of thiophene rings is 1. The van der Waals surface area contributed by atoms with Crippen molar-refractivity contribution in [2.24, 2.45) is 5.92 Å². The highest BCUT2D eigenvalue weighted by Gasteiger charge is 2.47. The highest BCUT2D eigenvalue weighted by atomic mass is 32.1. The van der Waals surface area contributed by atoms with Crippen molar-refractivity contribution in [1.82, 2.24) is 19.7 Å². The van der Waals surface area contributed by atoms with E-state index in [1.807, 2.05) is 14.1 Å². The van der Waals surface area contributed by atoms with Crippen LogP contribution < -0.4 is 0 Å². The van der Waals surface area contributed by atoms with E-state index in [-0.39, 0.29) is 11.8 Å². The largest absolute Gasteiger partial charge is 0.349 e. The van der Waals surface area contributed by atoms with Gasteiger partial charge in [0.25, 0.3) is 0 Å². The predicted octanol–water partition coefficient (Wildman–Crippen LogP) is 6.29. The van der Waals surface area contributed by atoms with Crippen LogP contribution in [0.5, 0.6) is 0 Å². The zero-order valence-corrected chi connectivity index (χ0v) is 26.5. The van der Waals surface area contributed by atoms with Gasteiger partial charge in [-0.1, -0.05) is 17.2 Å². The van der Waals surface area contributed by atoms with Crippen molar-refractivity contribution in [3.8, 4) is 11.3 Å². The number of amides is 2. The molecule has 3 aliphatic heterocycles. The molecule has 2 amide bonds. The first kappa shape index (κ1) is 28.5. The Balaban J connectivity index is 1.28. The molecule has 220 valence electrons. The van der Waals surface area contributed by atoms with Crippen molar-refractivity contribution in [1.29, 1.82) is 0 Å². The second-order valence-electron chi connectivity index (χ2n) is 13.6. The predicted molar refractivity (Wildman–Crippen MR) is 169 cm³/mol. The van der Waals surface area contributed by atoms with Gasteiger partial charge in [-0.2, -0.15) is 0 Å². The minimum absolute atomic E-state index is 0.149. The van der Waals surface area contributed by atoms with Crippen LogP contribution in [0.15, 0.2) is 24.3 Å². The zero-order chi connectivity index (χ0) is 29.1. The Labute approximate surface area is 249 Å². The Bertz CT molecular complexity index is 1420. The maximum atomic E-state index is 13.9. The number of fused-ring (bicyclic) bond motifs is 3. The van der Waals surface area contributed by atoms with Gasteiger partial charge in [-0.3, -0.25) is 9.59 Å². The van der Waals surface area contributed by atoms with E-state index < -0.39 is 5.41 Å². The summed E-state index contributed by atoms with van der Waals surface area (Å²) in [7, 11) is 3.72. The third kappa shape index (κ3) is 5.25. The quantitative estimate of drug-likeness (QED) is 0.361. The molecule has 1 N–H and O–H groups in total. The monoisotopic (exact) mass is 574 g/mol. The smallest absolute Gasteiger partial charge is 0.233 e. The number of carbonyl (C=O) groups is 2. The minimum atomic E-state index is -0.534. The fourth-order valence-corrected chi connectivity index (χ4v) is 8.86. The van der Waals surface area contributed by atoms with Crippen LogP contribution in [0, 0.1) is 19.8 Å². The SMILES string of the molecule is Cc1cc(C)cc(-c2[nH]c3sc(C(C)(C)C(=O)N4C5CCC4CC5)cc3c2CCN2CCC(C(=O)N(C)C)CC2)c1. The second-order valence-corrected chi connectivity index (χ2v) is 14.7. The molecule has 2 aromatic heterocycles. The number of hydrogen-bond donors (Lipinski definition) is 1. The first-order valence-electron chi connectivity index (χ1n) is 15.5. The molecule has 0 saturated carbocycles. The number of nitrogens with one attached hydrogen (secondary N) is 1. The highest BCUT2D eigenvalue weighted by molar-refractivity contribution is 7.19.